The third-order valence-electron chi connectivity index (χ3n) is 3.13. The third kappa shape index (κ3) is 3.32. The number of hydrogen-bond donors (Lipinski definition) is 2. The molecular formula is C15H14N4O3S. The van der Waals surface area contributed by atoms with Crippen molar-refractivity contribution in [2.75, 3.05) is 7.11 Å². The molecule has 1 amide bonds. The number of phenolic OH excluding ortho intramolecular Hbond substituents is 1. The summed E-state index contributed by atoms with van der Waals surface area (Å²) in [6.45, 7) is 0. The highest BCUT2D eigenvalue weighted by atomic mass is 32.1. The summed E-state index contributed by atoms with van der Waals surface area (Å²) in [5.74, 6) is 0.0371. The van der Waals surface area contributed by atoms with Crippen LogP contribution in [0.3, 0.4) is 0 Å². The van der Waals surface area contributed by atoms with Gasteiger partial charge in [-0.25, -0.2) is 10.4 Å². The van der Waals surface area contributed by atoms with Crippen LogP contribution < -0.4 is 10.2 Å². The fourth-order valence-corrected chi connectivity index (χ4v) is 2.77. The van der Waals surface area contributed by atoms with E-state index in [1.807, 2.05) is 22.2 Å². The van der Waals surface area contributed by atoms with Gasteiger partial charge in [0.1, 0.15) is 0 Å². The molecule has 0 aliphatic carbocycles. The summed E-state index contributed by atoms with van der Waals surface area (Å²) in [4.78, 5) is 17.0. The van der Waals surface area contributed by atoms with Gasteiger partial charge in [0.05, 0.1) is 25.4 Å². The number of phenols is 1. The van der Waals surface area contributed by atoms with E-state index in [-0.39, 0.29) is 18.1 Å². The molecule has 0 atom stereocenters. The number of benzene rings is 1. The Morgan fingerprint density at radius 1 is 1.57 bits per heavy atom. The van der Waals surface area contributed by atoms with Gasteiger partial charge in [0.15, 0.2) is 16.5 Å². The second-order valence-corrected chi connectivity index (χ2v) is 5.57. The SMILES string of the molecule is COc1cccc(/C=N/NC(=O)Cc2cn3ccsc3n2)c1O. The molecule has 23 heavy (non-hydrogen) atoms. The molecule has 0 aliphatic heterocycles. The number of amides is 1. The molecule has 0 aliphatic rings. The second-order valence-electron chi connectivity index (χ2n) is 4.69. The van der Waals surface area contributed by atoms with Crippen LogP contribution in [0.1, 0.15) is 11.3 Å². The number of carbonyl (C=O) groups excluding carboxylic acids is 1. The van der Waals surface area contributed by atoms with Crippen molar-refractivity contribution >= 4 is 28.4 Å². The first-order valence-corrected chi connectivity index (χ1v) is 7.64. The lowest BCUT2D eigenvalue weighted by molar-refractivity contribution is -0.120. The highest BCUT2D eigenvalue weighted by molar-refractivity contribution is 7.15. The molecular weight excluding hydrogens is 316 g/mol. The molecule has 0 bridgehead atoms. The number of nitrogens with zero attached hydrogens (tertiary/aromatic N) is 3. The molecule has 1 aromatic carbocycles. The van der Waals surface area contributed by atoms with E-state index in [0.717, 1.165) is 4.96 Å². The van der Waals surface area contributed by atoms with E-state index in [2.05, 4.69) is 15.5 Å². The van der Waals surface area contributed by atoms with Crippen LogP contribution in [0.5, 0.6) is 11.5 Å². The average molecular weight is 330 g/mol. The fraction of sp³-hybridized carbons (Fsp3) is 0.133. The van der Waals surface area contributed by atoms with Crippen molar-refractivity contribution in [1.29, 1.82) is 0 Å². The first-order chi connectivity index (χ1) is 11.2. The van der Waals surface area contributed by atoms with Crippen molar-refractivity contribution in [3.63, 3.8) is 0 Å². The number of aromatic hydroxyl groups is 1. The summed E-state index contributed by atoms with van der Waals surface area (Å²) in [6.07, 6.45) is 5.19. The quantitative estimate of drug-likeness (QED) is 0.551. The summed E-state index contributed by atoms with van der Waals surface area (Å²) in [6, 6.07) is 5.02. The van der Waals surface area contributed by atoms with E-state index in [0.29, 0.717) is 17.0 Å². The smallest absolute Gasteiger partial charge is 0.246 e. The zero-order valence-corrected chi connectivity index (χ0v) is 13.1. The summed E-state index contributed by atoms with van der Waals surface area (Å²) >= 11 is 1.51. The molecule has 8 heteroatoms. The van der Waals surface area contributed by atoms with E-state index in [9.17, 15) is 9.90 Å². The van der Waals surface area contributed by atoms with Crippen molar-refractivity contribution in [2.24, 2.45) is 5.10 Å². The number of imidazole rings is 1. The van der Waals surface area contributed by atoms with Crippen LogP contribution in [-0.4, -0.2) is 33.7 Å². The lowest BCUT2D eigenvalue weighted by Gasteiger charge is -2.04. The van der Waals surface area contributed by atoms with Gasteiger partial charge >= 0.3 is 0 Å². The number of fused-ring (bicyclic) bond motifs is 1. The average Bonchev–Trinajstić information content (AvgIpc) is 3.10. The Kier molecular flexibility index (Phi) is 4.24. The number of hydrazone groups is 1. The first-order valence-electron chi connectivity index (χ1n) is 6.76. The van der Waals surface area contributed by atoms with Crippen LogP contribution in [0.15, 0.2) is 41.1 Å². The third-order valence-corrected chi connectivity index (χ3v) is 3.90. The van der Waals surface area contributed by atoms with Gasteiger partial charge < -0.3 is 9.84 Å². The van der Waals surface area contributed by atoms with Crippen LogP contribution in [0.25, 0.3) is 4.96 Å². The fourth-order valence-electron chi connectivity index (χ4n) is 2.05. The number of carbonyl (C=O) groups is 1. The van der Waals surface area contributed by atoms with Gasteiger partial charge in [-0.3, -0.25) is 9.20 Å². The topological polar surface area (TPSA) is 88.2 Å². The van der Waals surface area contributed by atoms with Gasteiger partial charge in [0, 0.05) is 23.3 Å². The number of methoxy groups -OCH3 is 1. The highest BCUT2D eigenvalue weighted by Gasteiger charge is 2.08. The summed E-state index contributed by atoms with van der Waals surface area (Å²) in [5.41, 5.74) is 3.54. The molecule has 0 saturated carbocycles. The maximum absolute atomic E-state index is 11.9. The van der Waals surface area contributed by atoms with Crippen LogP contribution >= 0.6 is 11.3 Å². The Morgan fingerprint density at radius 2 is 2.43 bits per heavy atom. The number of ether oxygens (including phenoxy) is 1. The standard InChI is InChI=1S/C15H14N4O3S/c1-22-12-4-2-3-10(14(12)21)8-16-18-13(20)7-11-9-19-5-6-23-15(19)17-11/h2-6,8-9,21H,7H2,1H3,(H,18,20)/b16-8+. The first kappa shape index (κ1) is 15.0. The Morgan fingerprint density at radius 3 is 3.22 bits per heavy atom. The molecule has 2 N–H and O–H groups in total. The molecule has 0 fully saturated rings. The largest absolute Gasteiger partial charge is 0.504 e. The molecule has 7 nitrogen and oxygen atoms in total. The molecule has 3 aromatic rings. The molecule has 2 aromatic heterocycles. The van der Waals surface area contributed by atoms with Crippen LogP contribution in [-0.2, 0) is 11.2 Å². The zero-order chi connectivity index (χ0) is 16.2. The van der Waals surface area contributed by atoms with Gasteiger partial charge in [-0.15, -0.1) is 11.3 Å². The van der Waals surface area contributed by atoms with Gasteiger partial charge in [-0.1, -0.05) is 6.07 Å². The maximum Gasteiger partial charge on any atom is 0.246 e. The van der Waals surface area contributed by atoms with Crippen molar-refractivity contribution in [1.82, 2.24) is 14.8 Å². The Bertz CT molecular complexity index is 840. The maximum atomic E-state index is 11.9. The van der Waals surface area contributed by atoms with Crippen LogP contribution in [0, 0.1) is 0 Å². The summed E-state index contributed by atoms with van der Waals surface area (Å²) in [5, 5.41) is 15.7. The number of rotatable bonds is 5. The minimum Gasteiger partial charge on any atom is -0.504 e. The van der Waals surface area contributed by atoms with Crippen LogP contribution in [0.2, 0.25) is 0 Å². The molecule has 0 saturated heterocycles. The van der Waals surface area contributed by atoms with Crippen molar-refractivity contribution in [3.05, 3.63) is 47.2 Å². The molecule has 118 valence electrons. The molecule has 0 spiro atoms. The second kappa shape index (κ2) is 6.49. The zero-order valence-electron chi connectivity index (χ0n) is 12.3. The van der Waals surface area contributed by atoms with Gasteiger partial charge in [0.2, 0.25) is 5.91 Å². The minimum absolute atomic E-state index is 0.0256. The van der Waals surface area contributed by atoms with Crippen molar-refractivity contribution in [3.8, 4) is 11.5 Å². The Labute approximate surface area is 135 Å². The number of nitrogens with one attached hydrogen (secondary N) is 1. The van der Waals surface area contributed by atoms with E-state index >= 15 is 0 Å². The normalized spacial score (nSPS) is 11.2. The van der Waals surface area contributed by atoms with Gasteiger partial charge in [-0.2, -0.15) is 5.10 Å². The molecule has 0 unspecified atom stereocenters. The molecule has 0 radical (unpaired) electrons. The van der Waals surface area contributed by atoms with Crippen LogP contribution in [0.4, 0.5) is 0 Å². The number of aromatic nitrogens is 2. The molecule has 2 heterocycles. The summed E-state index contributed by atoms with van der Waals surface area (Å²) in [7, 11) is 1.47. The van der Waals surface area contributed by atoms with E-state index in [1.165, 1.54) is 24.7 Å². The number of thiazole rings is 1. The van der Waals surface area contributed by atoms with E-state index in [4.69, 9.17) is 4.74 Å². The van der Waals surface area contributed by atoms with Crippen molar-refractivity contribution in [2.45, 2.75) is 6.42 Å². The predicted molar refractivity (Wildman–Crippen MR) is 87.2 cm³/mol. The van der Waals surface area contributed by atoms with Gasteiger partial charge in [-0.05, 0) is 12.1 Å². The highest BCUT2D eigenvalue weighted by Crippen LogP contribution is 2.27. The van der Waals surface area contributed by atoms with Gasteiger partial charge in [0.25, 0.3) is 0 Å². The Hall–Kier alpha value is -2.87. The lowest BCUT2D eigenvalue weighted by Crippen LogP contribution is -2.19. The lowest BCUT2D eigenvalue weighted by atomic mass is 10.2. The monoisotopic (exact) mass is 330 g/mol. The Balaban J connectivity index is 1.61. The molecule has 3 rings (SSSR count). The van der Waals surface area contributed by atoms with E-state index < -0.39 is 0 Å². The number of para-hydroxylation sites is 1. The minimum atomic E-state index is -0.283. The van der Waals surface area contributed by atoms with Crippen molar-refractivity contribution < 1.29 is 14.6 Å². The van der Waals surface area contributed by atoms with E-state index in [1.54, 1.807) is 18.2 Å². The number of hydrogen-bond acceptors (Lipinski definition) is 6. The summed E-state index contributed by atoms with van der Waals surface area (Å²) < 4.78 is 6.87. The predicted octanol–water partition coefficient (Wildman–Crippen LogP) is 1.80.